The van der Waals surface area contributed by atoms with Gasteiger partial charge < -0.3 is 14.4 Å². The molecule has 0 aliphatic carbocycles. The van der Waals surface area contributed by atoms with Crippen LogP contribution in [0, 0.1) is 0 Å². The third-order valence-corrected chi connectivity index (χ3v) is 4.10. The molecule has 5 nitrogen and oxygen atoms in total. The van der Waals surface area contributed by atoms with Gasteiger partial charge in [0.25, 0.3) is 5.89 Å². The smallest absolute Gasteiger partial charge is 0.271 e. The fraction of sp³-hybridized carbons (Fsp3) is 0.500. The Bertz CT molecular complexity index is 509. The van der Waals surface area contributed by atoms with Crippen molar-refractivity contribution < 1.29 is 14.4 Å². The van der Waals surface area contributed by atoms with E-state index < -0.39 is 5.60 Å². The Labute approximate surface area is 109 Å². The van der Waals surface area contributed by atoms with E-state index in [-0.39, 0.29) is 5.75 Å². The first-order valence-corrected chi connectivity index (χ1v) is 6.71. The molecule has 98 valence electrons. The Morgan fingerprint density at radius 2 is 2.17 bits per heavy atom. The molecule has 2 heterocycles. The van der Waals surface area contributed by atoms with Crippen LogP contribution in [0.2, 0.25) is 0 Å². The monoisotopic (exact) mass is 268 g/mol. The summed E-state index contributed by atoms with van der Waals surface area (Å²) >= 11 is 1.36. The molecule has 0 spiro atoms. The molecular weight excluding hydrogens is 252 g/mol. The maximum atomic E-state index is 9.64. The second-order valence-electron chi connectivity index (χ2n) is 3.96. The van der Waals surface area contributed by atoms with Crippen LogP contribution in [-0.4, -0.2) is 22.4 Å². The zero-order chi connectivity index (χ0) is 13.2. The normalized spacial score (nSPS) is 11.9. The van der Waals surface area contributed by atoms with Crippen molar-refractivity contribution in [3.8, 4) is 16.5 Å². The standard InChI is InChI=1S/C12H16N2O3S/c1-4-12(5-2,16-3)11-13-10(17-14-11)9-8(15)6-7-18-9/h6-7,15H,4-5H2,1-3H3. The minimum Gasteiger partial charge on any atom is -0.506 e. The van der Waals surface area contributed by atoms with Crippen molar-refractivity contribution in [1.29, 1.82) is 0 Å². The predicted molar refractivity (Wildman–Crippen MR) is 68.5 cm³/mol. The van der Waals surface area contributed by atoms with Gasteiger partial charge in [-0.1, -0.05) is 19.0 Å². The average Bonchev–Trinajstić information content (AvgIpc) is 3.01. The van der Waals surface area contributed by atoms with Crippen LogP contribution in [0.1, 0.15) is 32.5 Å². The number of methoxy groups -OCH3 is 1. The maximum absolute atomic E-state index is 9.64. The molecule has 0 bridgehead atoms. The number of aromatic hydroxyl groups is 1. The van der Waals surface area contributed by atoms with E-state index in [4.69, 9.17) is 9.26 Å². The van der Waals surface area contributed by atoms with Gasteiger partial charge in [-0.15, -0.1) is 11.3 Å². The van der Waals surface area contributed by atoms with Gasteiger partial charge in [0, 0.05) is 7.11 Å². The van der Waals surface area contributed by atoms with Crippen LogP contribution >= 0.6 is 11.3 Å². The second-order valence-corrected chi connectivity index (χ2v) is 4.88. The molecule has 6 heteroatoms. The van der Waals surface area contributed by atoms with Gasteiger partial charge in [0.1, 0.15) is 16.2 Å². The molecule has 0 aliphatic heterocycles. The lowest BCUT2D eigenvalue weighted by Crippen LogP contribution is -2.28. The van der Waals surface area contributed by atoms with Gasteiger partial charge in [-0.3, -0.25) is 0 Å². The van der Waals surface area contributed by atoms with E-state index in [1.165, 1.54) is 11.3 Å². The van der Waals surface area contributed by atoms with Gasteiger partial charge in [0.15, 0.2) is 0 Å². The Morgan fingerprint density at radius 3 is 2.67 bits per heavy atom. The highest BCUT2D eigenvalue weighted by Gasteiger charge is 2.34. The summed E-state index contributed by atoms with van der Waals surface area (Å²) in [6.45, 7) is 4.04. The summed E-state index contributed by atoms with van der Waals surface area (Å²) in [7, 11) is 1.64. The van der Waals surface area contributed by atoms with E-state index in [9.17, 15) is 5.11 Å². The van der Waals surface area contributed by atoms with E-state index in [0.29, 0.717) is 16.6 Å². The SMILES string of the molecule is CCC(CC)(OC)c1noc(-c2sccc2O)n1. The molecule has 0 fully saturated rings. The molecule has 2 aromatic rings. The molecular formula is C12H16N2O3S. The van der Waals surface area contributed by atoms with Crippen LogP contribution < -0.4 is 0 Å². The Kier molecular flexibility index (Phi) is 3.68. The summed E-state index contributed by atoms with van der Waals surface area (Å²) in [5.41, 5.74) is -0.519. The third-order valence-electron chi connectivity index (χ3n) is 3.21. The van der Waals surface area contributed by atoms with Crippen molar-refractivity contribution in [2.75, 3.05) is 7.11 Å². The van der Waals surface area contributed by atoms with Crippen molar-refractivity contribution in [3.63, 3.8) is 0 Å². The number of thiophene rings is 1. The summed E-state index contributed by atoms with van der Waals surface area (Å²) in [6, 6.07) is 1.60. The minimum atomic E-state index is -0.519. The summed E-state index contributed by atoms with van der Waals surface area (Å²) in [4.78, 5) is 4.94. The van der Waals surface area contributed by atoms with Crippen LogP contribution in [0.5, 0.6) is 5.75 Å². The third kappa shape index (κ3) is 2.02. The maximum Gasteiger partial charge on any atom is 0.271 e. The predicted octanol–water partition coefficient (Wildman–Crippen LogP) is 3.17. The number of rotatable bonds is 5. The van der Waals surface area contributed by atoms with Gasteiger partial charge in [0.05, 0.1) is 0 Å². The van der Waals surface area contributed by atoms with Gasteiger partial charge in [-0.05, 0) is 24.3 Å². The fourth-order valence-corrected chi connectivity index (χ4v) is 2.62. The quantitative estimate of drug-likeness (QED) is 0.902. The molecule has 0 radical (unpaired) electrons. The molecule has 0 aromatic carbocycles. The van der Waals surface area contributed by atoms with Crippen LogP contribution in [0.25, 0.3) is 10.8 Å². The lowest BCUT2D eigenvalue weighted by molar-refractivity contribution is -0.0306. The molecule has 1 N–H and O–H groups in total. The van der Waals surface area contributed by atoms with E-state index in [1.54, 1.807) is 18.6 Å². The van der Waals surface area contributed by atoms with E-state index >= 15 is 0 Å². The number of ether oxygens (including phenoxy) is 1. The molecule has 2 rings (SSSR count). The number of nitrogens with zero attached hydrogens (tertiary/aromatic N) is 2. The fourth-order valence-electron chi connectivity index (χ4n) is 1.91. The molecule has 0 amide bonds. The van der Waals surface area contributed by atoms with Gasteiger partial charge in [-0.25, -0.2) is 0 Å². The molecule has 18 heavy (non-hydrogen) atoms. The van der Waals surface area contributed by atoms with Crippen molar-refractivity contribution in [2.45, 2.75) is 32.3 Å². The Balaban J connectivity index is 2.39. The molecule has 0 atom stereocenters. The lowest BCUT2D eigenvalue weighted by Gasteiger charge is -2.25. The first-order chi connectivity index (χ1) is 8.66. The molecule has 0 unspecified atom stereocenters. The van der Waals surface area contributed by atoms with Gasteiger partial charge in [0.2, 0.25) is 5.82 Å². The average molecular weight is 268 g/mol. The van der Waals surface area contributed by atoms with Gasteiger partial charge >= 0.3 is 0 Å². The van der Waals surface area contributed by atoms with Crippen molar-refractivity contribution in [1.82, 2.24) is 10.1 Å². The van der Waals surface area contributed by atoms with Crippen LogP contribution in [0.3, 0.4) is 0 Å². The molecule has 2 aromatic heterocycles. The van der Waals surface area contributed by atoms with Crippen LogP contribution in [0.4, 0.5) is 0 Å². The molecule has 0 saturated heterocycles. The molecule has 0 aliphatic rings. The Hall–Kier alpha value is -1.40. The van der Waals surface area contributed by atoms with Crippen LogP contribution in [0.15, 0.2) is 16.0 Å². The van der Waals surface area contributed by atoms with E-state index in [1.807, 2.05) is 13.8 Å². The highest BCUT2D eigenvalue weighted by molar-refractivity contribution is 7.13. The summed E-state index contributed by atoms with van der Waals surface area (Å²) < 4.78 is 10.7. The van der Waals surface area contributed by atoms with E-state index in [2.05, 4.69) is 10.1 Å². The first kappa shape index (κ1) is 13.0. The van der Waals surface area contributed by atoms with Crippen molar-refractivity contribution in [3.05, 3.63) is 17.3 Å². The highest BCUT2D eigenvalue weighted by atomic mass is 32.1. The minimum absolute atomic E-state index is 0.159. The lowest BCUT2D eigenvalue weighted by atomic mass is 9.96. The van der Waals surface area contributed by atoms with Crippen LogP contribution in [-0.2, 0) is 10.3 Å². The zero-order valence-electron chi connectivity index (χ0n) is 10.6. The number of hydrogen-bond acceptors (Lipinski definition) is 6. The van der Waals surface area contributed by atoms with E-state index in [0.717, 1.165) is 12.8 Å². The zero-order valence-corrected chi connectivity index (χ0v) is 11.5. The second kappa shape index (κ2) is 5.07. The summed E-state index contributed by atoms with van der Waals surface area (Å²) in [6.07, 6.45) is 1.52. The van der Waals surface area contributed by atoms with Crippen molar-refractivity contribution >= 4 is 11.3 Å². The summed E-state index contributed by atoms with van der Waals surface area (Å²) in [5.74, 6) is 1.02. The Morgan fingerprint density at radius 1 is 1.44 bits per heavy atom. The van der Waals surface area contributed by atoms with Gasteiger partial charge in [-0.2, -0.15) is 4.98 Å². The molecule has 0 saturated carbocycles. The first-order valence-electron chi connectivity index (χ1n) is 5.83. The largest absolute Gasteiger partial charge is 0.506 e. The number of aromatic nitrogens is 2. The topological polar surface area (TPSA) is 68.4 Å². The highest BCUT2D eigenvalue weighted by Crippen LogP contribution is 2.36. The number of hydrogen-bond donors (Lipinski definition) is 1. The van der Waals surface area contributed by atoms with Crippen molar-refractivity contribution in [2.24, 2.45) is 0 Å². The summed E-state index contributed by atoms with van der Waals surface area (Å²) in [5, 5.41) is 15.4.